The fourth-order valence-electron chi connectivity index (χ4n) is 1.12. The highest BCUT2D eigenvalue weighted by atomic mass is 19.4. The minimum atomic E-state index is -4.43. The van der Waals surface area contributed by atoms with Crippen LogP contribution in [0.5, 0.6) is 0 Å². The number of carbonyl (C=O) groups excluding carboxylic acids is 1. The molecule has 0 radical (unpaired) electrons. The standard InChI is InChI=1S/C9H13F3N4O2/c1-6-13-7(15-14-6)3-16(2)8(17)4-18-5-9(10,11)12/h3-5H2,1-2H3,(H,13,14,15). The fourth-order valence-corrected chi connectivity index (χ4v) is 1.12. The monoisotopic (exact) mass is 266 g/mol. The molecule has 1 amide bonds. The van der Waals surface area contributed by atoms with Crippen LogP contribution in [0.3, 0.4) is 0 Å². The number of hydrogen-bond donors (Lipinski definition) is 1. The van der Waals surface area contributed by atoms with E-state index in [0.29, 0.717) is 11.6 Å². The van der Waals surface area contributed by atoms with E-state index in [9.17, 15) is 18.0 Å². The molecule has 102 valence electrons. The molecular formula is C9H13F3N4O2. The Morgan fingerprint density at radius 2 is 2.17 bits per heavy atom. The average molecular weight is 266 g/mol. The molecule has 1 heterocycles. The van der Waals surface area contributed by atoms with Crippen molar-refractivity contribution in [1.82, 2.24) is 20.1 Å². The summed E-state index contributed by atoms with van der Waals surface area (Å²) in [6, 6.07) is 0. The van der Waals surface area contributed by atoms with Crippen LogP contribution in [0.4, 0.5) is 13.2 Å². The predicted octanol–water partition coefficient (Wildman–Crippen LogP) is 0.650. The first-order valence-electron chi connectivity index (χ1n) is 5.04. The highest BCUT2D eigenvalue weighted by Gasteiger charge is 2.28. The van der Waals surface area contributed by atoms with Gasteiger partial charge < -0.3 is 9.64 Å². The number of halogens is 3. The molecule has 0 bridgehead atoms. The number of H-pyrrole nitrogens is 1. The van der Waals surface area contributed by atoms with Gasteiger partial charge in [0.1, 0.15) is 19.0 Å². The molecule has 1 aromatic heterocycles. The number of ether oxygens (including phenoxy) is 1. The number of aromatic nitrogens is 3. The Balaban J connectivity index is 2.33. The third-order valence-electron chi connectivity index (χ3n) is 1.94. The molecule has 0 atom stereocenters. The zero-order chi connectivity index (χ0) is 13.8. The zero-order valence-corrected chi connectivity index (χ0v) is 9.91. The minimum absolute atomic E-state index is 0.110. The first-order valence-corrected chi connectivity index (χ1v) is 5.04. The summed E-state index contributed by atoms with van der Waals surface area (Å²) in [4.78, 5) is 16.6. The number of hydrogen-bond acceptors (Lipinski definition) is 4. The topological polar surface area (TPSA) is 71.1 Å². The lowest BCUT2D eigenvalue weighted by Crippen LogP contribution is -2.31. The van der Waals surface area contributed by atoms with Gasteiger partial charge >= 0.3 is 6.18 Å². The Hall–Kier alpha value is -1.64. The van der Waals surface area contributed by atoms with E-state index >= 15 is 0 Å². The van der Waals surface area contributed by atoms with Crippen molar-refractivity contribution in [2.75, 3.05) is 20.3 Å². The van der Waals surface area contributed by atoms with Gasteiger partial charge in [-0.2, -0.15) is 18.3 Å². The van der Waals surface area contributed by atoms with E-state index in [1.165, 1.54) is 11.9 Å². The normalized spacial score (nSPS) is 11.6. The molecule has 0 saturated carbocycles. The number of likely N-dealkylation sites (N-methyl/N-ethyl adjacent to an activating group) is 1. The van der Waals surface area contributed by atoms with Crippen LogP contribution >= 0.6 is 0 Å². The molecule has 0 aromatic carbocycles. The van der Waals surface area contributed by atoms with E-state index < -0.39 is 25.3 Å². The molecule has 0 aliphatic rings. The summed E-state index contributed by atoms with van der Waals surface area (Å²) in [6.07, 6.45) is -4.43. The maximum atomic E-state index is 11.8. The van der Waals surface area contributed by atoms with Crippen LogP contribution in [0.15, 0.2) is 0 Å². The smallest absolute Gasteiger partial charge is 0.362 e. The molecule has 1 rings (SSSR count). The second-order valence-electron chi connectivity index (χ2n) is 3.69. The summed E-state index contributed by atoms with van der Waals surface area (Å²) in [7, 11) is 1.44. The number of alkyl halides is 3. The van der Waals surface area contributed by atoms with Crippen molar-refractivity contribution < 1.29 is 22.7 Å². The minimum Gasteiger partial charge on any atom is -0.362 e. The van der Waals surface area contributed by atoms with Crippen LogP contribution in [0, 0.1) is 6.92 Å². The molecule has 1 aromatic rings. The molecule has 0 saturated heterocycles. The Morgan fingerprint density at radius 3 is 2.67 bits per heavy atom. The van der Waals surface area contributed by atoms with Crippen molar-refractivity contribution in [2.24, 2.45) is 0 Å². The Morgan fingerprint density at radius 1 is 1.50 bits per heavy atom. The largest absolute Gasteiger partial charge is 0.411 e. The second-order valence-corrected chi connectivity index (χ2v) is 3.69. The van der Waals surface area contributed by atoms with E-state index in [-0.39, 0.29) is 6.54 Å². The van der Waals surface area contributed by atoms with Crippen molar-refractivity contribution in [3.8, 4) is 0 Å². The summed E-state index contributed by atoms with van der Waals surface area (Å²) in [5, 5.41) is 6.40. The molecule has 1 N–H and O–H groups in total. The SMILES string of the molecule is Cc1nc(CN(C)C(=O)COCC(F)(F)F)n[nH]1. The molecule has 9 heteroatoms. The van der Waals surface area contributed by atoms with Crippen LogP contribution in [0.2, 0.25) is 0 Å². The number of aromatic amines is 1. The van der Waals surface area contributed by atoms with Gasteiger partial charge in [-0.3, -0.25) is 9.89 Å². The highest BCUT2D eigenvalue weighted by Crippen LogP contribution is 2.14. The lowest BCUT2D eigenvalue weighted by Gasteiger charge is -2.15. The van der Waals surface area contributed by atoms with Crippen molar-refractivity contribution in [3.63, 3.8) is 0 Å². The number of rotatable bonds is 5. The number of amides is 1. The molecule has 0 fully saturated rings. The van der Waals surface area contributed by atoms with Gasteiger partial charge in [-0.05, 0) is 6.92 Å². The van der Waals surface area contributed by atoms with E-state index in [0.717, 1.165) is 0 Å². The van der Waals surface area contributed by atoms with Crippen LogP contribution in [-0.2, 0) is 16.1 Å². The molecule has 18 heavy (non-hydrogen) atoms. The quantitative estimate of drug-likeness (QED) is 0.849. The van der Waals surface area contributed by atoms with Crippen molar-refractivity contribution in [2.45, 2.75) is 19.6 Å². The third-order valence-corrected chi connectivity index (χ3v) is 1.94. The Bertz CT molecular complexity index is 405. The van der Waals surface area contributed by atoms with Gasteiger partial charge in [0.05, 0.1) is 6.54 Å². The predicted molar refractivity (Wildman–Crippen MR) is 54.5 cm³/mol. The van der Waals surface area contributed by atoms with Crippen LogP contribution < -0.4 is 0 Å². The summed E-state index contributed by atoms with van der Waals surface area (Å²) in [5.41, 5.74) is 0. The fraction of sp³-hybridized carbons (Fsp3) is 0.667. The van der Waals surface area contributed by atoms with E-state index in [4.69, 9.17) is 0 Å². The van der Waals surface area contributed by atoms with Crippen molar-refractivity contribution in [3.05, 3.63) is 11.6 Å². The molecular weight excluding hydrogens is 253 g/mol. The summed E-state index contributed by atoms with van der Waals surface area (Å²) in [5.74, 6) is 0.417. The first kappa shape index (κ1) is 14.4. The highest BCUT2D eigenvalue weighted by molar-refractivity contribution is 5.77. The third kappa shape index (κ3) is 5.13. The number of carbonyl (C=O) groups is 1. The van der Waals surface area contributed by atoms with E-state index in [2.05, 4.69) is 19.9 Å². The first-order chi connectivity index (χ1) is 8.28. The van der Waals surface area contributed by atoms with Gasteiger partial charge in [0.2, 0.25) is 5.91 Å². The Labute approximate surface area is 101 Å². The molecule has 0 aliphatic carbocycles. The van der Waals surface area contributed by atoms with Gasteiger partial charge in [-0.15, -0.1) is 0 Å². The number of nitrogens with one attached hydrogen (secondary N) is 1. The number of aryl methyl sites for hydroxylation is 1. The maximum absolute atomic E-state index is 11.8. The summed E-state index contributed by atoms with van der Waals surface area (Å²) < 4.78 is 39.6. The van der Waals surface area contributed by atoms with Crippen LogP contribution in [0.1, 0.15) is 11.6 Å². The summed E-state index contributed by atoms with van der Waals surface area (Å²) in [6.45, 7) is -0.255. The van der Waals surface area contributed by atoms with Gasteiger partial charge in [0, 0.05) is 7.05 Å². The van der Waals surface area contributed by atoms with Crippen LogP contribution in [-0.4, -0.2) is 52.4 Å². The van der Waals surface area contributed by atoms with Crippen molar-refractivity contribution >= 4 is 5.91 Å². The zero-order valence-electron chi connectivity index (χ0n) is 9.91. The average Bonchev–Trinajstić information content (AvgIpc) is 2.61. The maximum Gasteiger partial charge on any atom is 0.411 e. The van der Waals surface area contributed by atoms with Gasteiger partial charge in [-0.1, -0.05) is 0 Å². The van der Waals surface area contributed by atoms with Gasteiger partial charge in [0.15, 0.2) is 5.82 Å². The second kappa shape index (κ2) is 5.80. The lowest BCUT2D eigenvalue weighted by atomic mass is 10.5. The van der Waals surface area contributed by atoms with Crippen LogP contribution in [0.25, 0.3) is 0 Å². The molecule has 0 unspecified atom stereocenters. The van der Waals surface area contributed by atoms with Crippen molar-refractivity contribution in [1.29, 1.82) is 0 Å². The van der Waals surface area contributed by atoms with E-state index in [1.54, 1.807) is 6.92 Å². The van der Waals surface area contributed by atoms with Gasteiger partial charge in [-0.25, -0.2) is 4.98 Å². The lowest BCUT2D eigenvalue weighted by molar-refractivity contribution is -0.177. The molecule has 0 spiro atoms. The Kier molecular flexibility index (Phi) is 4.65. The molecule has 0 aliphatic heterocycles. The summed E-state index contributed by atoms with van der Waals surface area (Å²) >= 11 is 0. The number of nitrogens with zero attached hydrogens (tertiary/aromatic N) is 3. The van der Waals surface area contributed by atoms with Gasteiger partial charge in [0.25, 0.3) is 0 Å². The van der Waals surface area contributed by atoms with E-state index in [1.807, 2.05) is 0 Å². The molecule has 6 nitrogen and oxygen atoms in total.